The predicted octanol–water partition coefficient (Wildman–Crippen LogP) is 3.45. The van der Waals surface area contributed by atoms with Gasteiger partial charge >= 0.3 is 0 Å². The second-order valence-electron chi connectivity index (χ2n) is 4.69. The van der Waals surface area contributed by atoms with Crippen molar-refractivity contribution in [2.75, 3.05) is 5.32 Å². The van der Waals surface area contributed by atoms with Crippen LogP contribution in [-0.4, -0.2) is 21.2 Å². The number of aromatic nitrogens is 3. The zero-order valence-electron chi connectivity index (χ0n) is 12.2. The van der Waals surface area contributed by atoms with Crippen LogP contribution in [-0.2, 0) is 11.2 Å². The van der Waals surface area contributed by atoms with Crippen LogP contribution in [0.1, 0.15) is 5.56 Å². The van der Waals surface area contributed by atoms with Gasteiger partial charge < -0.3 is 10.1 Å². The minimum Gasteiger partial charge on any atom is -0.340 e. The molecule has 116 valence electrons. The number of aldehydes is 1. The van der Waals surface area contributed by atoms with Crippen molar-refractivity contribution in [3.8, 4) is 11.4 Å². The summed E-state index contributed by atoms with van der Waals surface area (Å²) in [7, 11) is 0. The van der Waals surface area contributed by atoms with Gasteiger partial charge in [-0.2, -0.15) is 0 Å². The fourth-order valence-electron chi connectivity index (χ4n) is 2.04. The van der Waals surface area contributed by atoms with E-state index >= 15 is 0 Å². The molecule has 0 amide bonds. The molecule has 23 heavy (non-hydrogen) atoms. The molecule has 1 N–H and O–H groups in total. The smallest absolute Gasteiger partial charge is 0.161 e. The van der Waals surface area contributed by atoms with Crippen LogP contribution < -0.4 is 5.32 Å². The van der Waals surface area contributed by atoms with Crippen molar-refractivity contribution in [3.63, 3.8) is 0 Å². The Morgan fingerprint density at radius 2 is 1.70 bits per heavy atom. The molecule has 0 aliphatic carbocycles. The molecule has 0 fully saturated rings. The topological polar surface area (TPSA) is 67.8 Å². The molecule has 2 heterocycles. The summed E-state index contributed by atoms with van der Waals surface area (Å²) in [6, 6.07) is 13.2. The average molecular weight is 327 g/mol. The van der Waals surface area contributed by atoms with E-state index in [0.717, 1.165) is 23.1 Å². The lowest BCUT2D eigenvalue weighted by Crippen LogP contribution is -1.97. The van der Waals surface area contributed by atoms with E-state index in [0.29, 0.717) is 18.1 Å². The number of carbonyl (C=O) groups is 1. The molecule has 6 heteroatoms. The minimum absolute atomic E-state index is 0. The SMILES string of the molecule is Cl.O=CCc1ccc(Nc2ccnc(-c3ccncc3)n2)cc1. The maximum atomic E-state index is 10.5. The first kappa shape index (κ1) is 16.6. The summed E-state index contributed by atoms with van der Waals surface area (Å²) >= 11 is 0. The highest BCUT2D eigenvalue weighted by Crippen LogP contribution is 2.18. The van der Waals surface area contributed by atoms with Crippen molar-refractivity contribution in [2.45, 2.75) is 6.42 Å². The Kier molecular flexibility index (Phi) is 5.77. The fourth-order valence-corrected chi connectivity index (χ4v) is 2.04. The molecule has 0 unspecified atom stereocenters. The fraction of sp³-hybridized carbons (Fsp3) is 0.0588. The molecule has 1 aromatic carbocycles. The van der Waals surface area contributed by atoms with Crippen molar-refractivity contribution in [1.29, 1.82) is 0 Å². The van der Waals surface area contributed by atoms with Gasteiger partial charge in [-0.1, -0.05) is 12.1 Å². The van der Waals surface area contributed by atoms with Crippen LogP contribution in [0.25, 0.3) is 11.4 Å². The Bertz CT molecular complexity index is 763. The van der Waals surface area contributed by atoms with Gasteiger partial charge in [-0.05, 0) is 35.9 Å². The summed E-state index contributed by atoms with van der Waals surface area (Å²) in [5.41, 5.74) is 2.81. The lowest BCUT2D eigenvalue weighted by Gasteiger charge is -2.07. The van der Waals surface area contributed by atoms with Gasteiger partial charge in [0, 0.05) is 36.3 Å². The van der Waals surface area contributed by atoms with E-state index in [4.69, 9.17) is 0 Å². The molecule has 3 aromatic rings. The molecular weight excluding hydrogens is 312 g/mol. The third-order valence-corrected chi connectivity index (χ3v) is 3.14. The number of rotatable bonds is 5. The Balaban J connectivity index is 0.00000192. The van der Waals surface area contributed by atoms with Crippen molar-refractivity contribution in [2.24, 2.45) is 0 Å². The van der Waals surface area contributed by atoms with Gasteiger partial charge in [-0.3, -0.25) is 4.98 Å². The van der Waals surface area contributed by atoms with Gasteiger partial charge in [0.25, 0.3) is 0 Å². The molecule has 3 rings (SSSR count). The number of anilines is 2. The zero-order chi connectivity index (χ0) is 15.2. The summed E-state index contributed by atoms with van der Waals surface area (Å²) in [6.07, 6.45) is 6.47. The third kappa shape index (κ3) is 4.34. The molecule has 0 saturated carbocycles. The normalized spacial score (nSPS) is 9.74. The van der Waals surface area contributed by atoms with Crippen LogP contribution in [0.3, 0.4) is 0 Å². The summed E-state index contributed by atoms with van der Waals surface area (Å²) in [5.74, 6) is 1.36. The average Bonchev–Trinajstić information content (AvgIpc) is 2.58. The lowest BCUT2D eigenvalue weighted by atomic mass is 10.1. The van der Waals surface area contributed by atoms with E-state index in [1.807, 2.05) is 42.5 Å². The van der Waals surface area contributed by atoms with Crippen molar-refractivity contribution in [3.05, 3.63) is 66.6 Å². The predicted molar refractivity (Wildman–Crippen MR) is 92.0 cm³/mol. The quantitative estimate of drug-likeness (QED) is 0.727. The number of nitrogens with zero attached hydrogens (tertiary/aromatic N) is 3. The second-order valence-corrected chi connectivity index (χ2v) is 4.69. The van der Waals surface area contributed by atoms with Gasteiger partial charge in [0.15, 0.2) is 5.82 Å². The van der Waals surface area contributed by atoms with Crippen molar-refractivity contribution in [1.82, 2.24) is 15.0 Å². The van der Waals surface area contributed by atoms with Gasteiger partial charge in [0.2, 0.25) is 0 Å². The molecule has 0 radical (unpaired) electrons. The summed E-state index contributed by atoms with van der Waals surface area (Å²) in [4.78, 5) is 23.2. The Hall–Kier alpha value is -2.79. The van der Waals surface area contributed by atoms with Crippen LogP contribution in [0.5, 0.6) is 0 Å². The van der Waals surface area contributed by atoms with Gasteiger partial charge in [-0.25, -0.2) is 9.97 Å². The summed E-state index contributed by atoms with van der Waals surface area (Å²) in [6.45, 7) is 0. The molecule has 0 saturated heterocycles. The van der Waals surface area contributed by atoms with Crippen LogP contribution in [0.2, 0.25) is 0 Å². The lowest BCUT2D eigenvalue weighted by molar-refractivity contribution is -0.107. The molecule has 0 aliphatic rings. The maximum absolute atomic E-state index is 10.5. The van der Waals surface area contributed by atoms with E-state index in [1.165, 1.54) is 0 Å². The largest absolute Gasteiger partial charge is 0.340 e. The molecule has 0 atom stereocenters. The maximum Gasteiger partial charge on any atom is 0.161 e. The molecule has 5 nitrogen and oxygen atoms in total. The number of pyridine rings is 1. The summed E-state index contributed by atoms with van der Waals surface area (Å²) in [5, 5.41) is 3.23. The highest BCUT2D eigenvalue weighted by molar-refractivity contribution is 5.85. The first-order chi connectivity index (χ1) is 10.8. The van der Waals surface area contributed by atoms with Crippen molar-refractivity contribution < 1.29 is 4.79 Å². The Labute approximate surface area is 140 Å². The number of carbonyl (C=O) groups excluding carboxylic acids is 1. The van der Waals surface area contributed by atoms with Crippen LogP contribution in [0.4, 0.5) is 11.5 Å². The molecule has 0 spiro atoms. The monoisotopic (exact) mass is 326 g/mol. The van der Waals surface area contributed by atoms with E-state index in [1.54, 1.807) is 18.6 Å². The number of halogens is 1. The number of hydrogen-bond donors (Lipinski definition) is 1. The number of benzene rings is 1. The standard InChI is InChI=1S/C17H14N4O.ClH/c22-12-8-13-1-3-15(4-2-13)20-16-7-11-19-17(21-16)14-5-9-18-10-6-14;/h1-7,9-12H,8H2,(H,19,20,21);1H. The Morgan fingerprint density at radius 1 is 0.957 bits per heavy atom. The van der Waals surface area contributed by atoms with E-state index in [2.05, 4.69) is 20.3 Å². The molecule has 0 bridgehead atoms. The van der Waals surface area contributed by atoms with Crippen molar-refractivity contribution >= 4 is 30.2 Å². The van der Waals surface area contributed by atoms with Crippen LogP contribution in [0.15, 0.2) is 61.1 Å². The second kappa shape index (κ2) is 8.00. The first-order valence-corrected chi connectivity index (χ1v) is 6.88. The van der Waals surface area contributed by atoms with Gasteiger partial charge in [0.05, 0.1) is 0 Å². The van der Waals surface area contributed by atoms with Crippen LogP contribution in [0, 0.1) is 0 Å². The van der Waals surface area contributed by atoms with E-state index < -0.39 is 0 Å². The Morgan fingerprint density at radius 3 is 2.39 bits per heavy atom. The first-order valence-electron chi connectivity index (χ1n) is 6.88. The molecular formula is C17H15ClN4O. The third-order valence-electron chi connectivity index (χ3n) is 3.14. The summed E-state index contributed by atoms with van der Waals surface area (Å²) < 4.78 is 0. The molecule has 2 aromatic heterocycles. The van der Waals surface area contributed by atoms with Crippen LogP contribution >= 0.6 is 12.4 Å². The van der Waals surface area contributed by atoms with Gasteiger partial charge in [0.1, 0.15) is 12.1 Å². The highest BCUT2D eigenvalue weighted by atomic mass is 35.5. The van der Waals surface area contributed by atoms with E-state index in [9.17, 15) is 4.79 Å². The minimum atomic E-state index is 0. The zero-order valence-corrected chi connectivity index (χ0v) is 13.0. The molecule has 0 aliphatic heterocycles. The van der Waals surface area contributed by atoms with E-state index in [-0.39, 0.29) is 12.4 Å². The van der Waals surface area contributed by atoms with Gasteiger partial charge in [-0.15, -0.1) is 12.4 Å². The highest BCUT2D eigenvalue weighted by Gasteiger charge is 2.03. The number of hydrogen-bond acceptors (Lipinski definition) is 5. The number of nitrogens with one attached hydrogen (secondary N) is 1.